The number of carbonyl (C=O) groups excluding carboxylic acids is 1. The highest BCUT2D eigenvalue weighted by Crippen LogP contribution is 2.16. The summed E-state index contributed by atoms with van der Waals surface area (Å²) in [6, 6.07) is 7.50. The molecule has 0 fully saturated rings. The van der Waals surface area contributed by atoms with E-state index in [0.29, 0.717) is 12.0 Å². The third-order valence-corrected chi connectivity index (χ3v) is 3.55. The van der Waals surface area contributed by atoms with Crippen LogP contribution in [0.5, 0.6) is 0 Å². The Morgan fingerprint density at radius 2 is 2.00 bits per heavy atom. The van der Waals surface area contributed by atoms with Gasteiger partial charge in [-0.1, -0.05) is 0 Å². The van der Waals surface area contributed by atoms with Crippen molar-refractivity contribution in [2.75, 3.05) is 5.75 Å². The maximum absolute atomic E-state index is 12.7. The first kappa shape index (κ1) is 13.7. The molecule has 0 spiro atoms. The van der Waals surface area contributed by atoms with Crippen molar-refractivity contribution < 1.29 is 9.18 Å². The van der Waals surface area contributed by atoms with Crippen LogP contribution in [0.3, 0.4) is 0 Å². The van der Waals surface area contributed by atoms with Crippen LogP contribution in [-0.2, 0) is 0 Å². The van der Waals surface area contributed by atoms with Crippen LogP contribution >= 0.6 is 11.8 Å². The van der Waals surface area contributed by atoms with Crippen molar-refractivity contribution in [1.29, 1.82) is 0 Å². The van der Waals surface area contributed by atoms with Gasteiger partial charge in [0, 0.05) is 18.2 Å². The number of carbonyl (C=O) groups is 1. The number of nitrogens with zero attached hydrogens (tertiary/aromatic N) is 2. The maximum atomic E-state index is 12.7. The Balaban J connectivity index is 1.74. The first-order valence-corrected chi connectivity index (χ1v) is 6.92. The third kappa shape index (κ3) is 4.44. The number of aromatic nitrogens is 2. The van der Waals surface area contributed by atoms with Gasteiger partial charge in [0.05, 0.1) is 5.03 Å². The maximum Gasteiger partial charge on any atom is 0.162 e. The smallest absolute Gasteiger partial charge is 0.162 e. The second-order valence-corrected chi connectivity index (χ2v) is 5.04. The number of rotatable bonds is 6. The first-order chi connectivity index (χ1) is 9.25. The number of hydrogen-bond donors (Lipinski definition) is 0. The van der Waals surface area contributed by atoms with E-state index in [-0.39, 0.29) is 11.6 Å². The minimum Gasteiger partial charge on any atom is -0.294 e. The monoisotopic (exact) mass is 276 g/mol. The predicted molar refractivity (Wildman–Crippen MR) is 72.7 cm³/mol. The molecule has 0 aliphatic heterocycles. The molecule has 2 rings (SSSR count). The van der Waals surface area contributed by atoms with Gasteiger partial charge in [-0.05, 0) is 42.5 Å². The van der Waals surface area contributed by atoms with E-state index < -0.39 is 0 Å². The Hall–Kier alpha value is -1.75. The van der Waals surface area contributed by atoms with Crippen LogP contribution < -0.4 is 0 Å². The fourth-order valence-electron chi connectivity index (χ4n) is 1.55. The average molecular weight is 276 g/mol. The summed E-state index contributed by atoms with van der Waals surface area (Å²) >= 11 is 1.60. The van der Waals surface area contributed by atoms with E-state index in [9.17, 15) is 9.18 Å². The van der Waals surface area contributed by atoms with Crippen LogP contribution in [0.2, 0.25) is 0 Å². The van der Waals surface area contributed by atoms with Crippen molar-refractivity contribution in [2.45, 2.75) is 17.9 Å². The van der Waals surface area contributed by atoms with Gasteiger partial charge >= 0.3 is 0 Å². The molecule has 19 heavy (non-hydrogen) atoms. The van der Waals surface area contributed by atoms with Crippen molar-refractivity contribution in [1.82, 2.24) is 9.97 Å². The molecule has 0 unspecified atom stereocenters. The molecule has 98 valence electrons. The van der Waals surface area contributed by atoms with Crippen molar-refractivity contribution in [2.24, 2.45) is 0 Å². The van der Waals surface area contributed by atoms with E-state index in [1.807, 2.05) is 6.07 Å². The predicted octanol–water partition coefficient (Wildman–Crippen LogP) is 3.37. The van der Waals surface area contributed by atoms with Crippen molar-refractivity contribution in [3.63, 3.8) is 0 Å². The highest BCUT2D eigenvalue weighted by atomic mass is 32.2. The lowest BCUT2D eigenvalue weighted by Crippen LogP contribution is -1.99. The van der Waals surface area contributed by atoms with Crippen molar-refractivity contribution in [3.8, 4) is 0 Å². The van der Waals surface area contributed by atoms with Crippen LogP contribution in [0.25, 0.3) is 0 Å². The number of Topliss-reactive ketones (excluding diaryl/α,β-unsaturated/α-hetero) is 1. The summed E-state index contributed by atoms with van der Waals surface area (Å²) in [7, 11) is 0. The number of halogens is 1. The van der Waals surface area contributed by atoms with Crippen LogP contribution in [0.15, 0.2) is 47.9 Å². The largest absolute Gasteiger partial charge is 0.294 e. The molecule has 5 heteroatoms. The zero-order valence-electron chi connectivity index (χ0n) is 10.3. The molecule has 1 aromatic heterocycles. The van der Waals surface area contributed by atoms with E-state index in [1.165, 1.54) is 30.6 Å². The van der Waals surface area contributed by atoms with Gasteiger partial charge in [-0.25, -0.2) is 14.4 Å². The highest BCUT2D eigenvalue weighted by molar-refractivity contribution is 7.99. The second kappa shape index (κ2) is 6.99. The number of benzene rings is 1. The third-order valence-electron chi connectivity index (χ3n) is 2.52. The van der Waals surface area contributed by atoms with E-state index in [1.54, 1.807) is 18.0 Å². The van der Waals surface area contributed by atoms with Gasteiger partial charge in [0.15, 0.2) is 5.78 Å². The first-order valence-electron chi connectivity index (χ1n) is 5.93. The van der Waals surface area contributed by atoms with Crippen molar-refractivity contribution >= 4 is 17.5 Å². The minimum absolute atomic E-state index is 0.0447. The summed E-state index contributed by atoms with van der Waals surface area (Å²) in [4.78, 5) is 19.7. The number of hydrogen-bond acceptors (Lipinski definition) is 4. The van der Waals surface area contributed by atoms with Gasteiger partial charge in [0.1, 0.15) is 12.1 Å². The molecule has 0 saturated carbocycles. The standard InChI is InChI=1S/C14H13FN2OS/c15-12-5-3-11(4-6-12)13(18)2-1-9-19-14-7-8-16-10-17-14/h3-8,10H,1-2,9H2. The van der Waals surface area contributed by atoms with Gasteiger partial charge in [-0.15, -0.1) is 11.8 Å². The molecule has 0 aliphatic carbocycles. The SMILES string of the molecule is O=C(CCCSc1ccncn1)c1ccc(F)cc1. The second-order valence-electron chi connectivity index (χ2n) is 3.93. The van der Waals surface area contributed by atoms with Gasteiger partial charge < -0.3 is 0 Å². The molecule has 0 N–H and O–H groups in total. The molecule has 1 heterocycles. The van der Waals surface area contributed by atoms with Crippen LogP contribution in [0, 0.1) is 5.82 Å². The Morgan fingerprint density at radius 3 is 2.68 bits per heavy atom. The Labute approximate surface area is 115 Å². The van der Waals surface area contributed by atoms with E-state index in [2.05, 4.69) is 9.97 Å². The summed E-state index contributed by atoms with van der Waals surface area (Å²) in [5, 5.41) is 0.907. The summed E-state index contributed by atoms with van der Waals surface area (Å²) in [5.41, 5.74) is 0.563. The normalized spacial score (nSPS) is 10.4. The molecule has 3 nitrogen and oxygen atoms in total. The zero-order chi connectivity index (χ0) is 13.5. The zero-order valence-corrected chi connectivity index (χ0v) is 11.1. The summed E-state index contributed by atoms with van der Waals surface area (Å²) in [6.45, 7) is 0. The summed E-state index contributed by atoms with van der Waals surface area (Å²) in [6.07, 6.45) is 4.43. The summed E-state index contributed by atoms with van der Waals surface area (Å²) < 4.78 is 12.7. The van der Waals surface area contributed by atoms with Crippen molar-refractivity contribution in [3.05, 3.63) is 54.2 Å². The number of ketones is 1. The molecule has 1 aromatic carbocycles. The molecule has 0 bridgehead atoms. The Bertz CT molecular complexity index is 531. The highest BCUT2D eigenvalue weighted by Gasteiger charge is 2.05. The topological polar surface area (TPSA) is 42.9 Å². The Morgan fingerprint density at radius 1 is 1.21 bits per heavy atom. The average Bonchev–Trinajstić information content (AvgIpc) is 2.45. The van der Waals surface area contributed by atoms with E-state index in [0.717, 1.165) is 17.2 Å². The lowest BCUT2D eigenvalue weighted by atomic mass is 10.1. The van der Waals surface area contributed by atoms with Crippen LogP contribution in [0.4, 0.5) is 4.39 Å². The molecule has 2 aromatic rings. The fraction of sp³-hybridized carbons (Fsp3) is 0.214. The molecule has 0 saturated heterocycles. The Kier molecular flexibility index (Phi) is 5.03. The molecular weight excluding hydrogens is 263 g/mol. The summed E-state index contributed by atoms with van der Waals surface area (Å²) in [5.74, 6) is 0.545. The quantitative estimate of drug-likeness (QED) is 0.351. The van der Waals surface area contributed by atoms with E-state index >= 15 is 0 Å². The van der Waals surface area contributed by atoms with Crippen LogP contribution in [-0.4, -0.2) is 21.5 Å². The molecule has 0 aliphatic rings. The fourth-order valence-corrected chi connectivity index (χ4v) is 2.33. The lowest BCUT2D eigenvalue weighted by Gasteiger charge is -2.01. The minimum atomic E-state index is -0.323. The van der Waals surface area contributed by atoms with Gasteiger partial charge in [0.2, 0.25) is 0 Å². The molecule has 0 atom stereocenters. The number of thioether (sulfide) groups is 1. The van der Waals surface area contributed by atoms with Gasteiger partial charge in [0.25, 0.3) is 0 Å². The lowest BCUT2D eigenvalue weighted by molar-refractivity contribution is 0.0982. The van der Waals surface area contributed by atoms with Gasteiger partial charge in [-0.2, -0.15) is 0 Å². The molecule has 0 amide bonds. The molecule has 0 radical (unpaired) electrons. The van der Waals surface area contributed by atoms with Gasteiger partial charge in [-0.3, -0.25) is 4.79 Å². The van der Waals surface area contributed by atoms with E-state index in [4.69, 9.17) is 0 Å². The van der Waals surface area contributed by atoms with Crippen LogP contribution in [0.1, 0.15) is 23.2 Å². The molecular formula is C14H13FN2OS.